The van der Waals surface area contributed by atoms with Gasteiger partial charge < -0.3 is 4.57 Å². The van der Waals surface area contributed by atoms with Crippen LogP contribution >= 0.6 is 0 Å². The quantitative estimate of drug-likeness (QED) is 0.129. The van der Waals surface area contributed by atoms with Crippen molar-refractivity contribution in [3.63, 3.8) is 0 Å². The van der Waals surface area contributed by atoms with E-state index in [2.05, 4.69) is 171 Å². The van der Waals surface area contributed by atoms with Gasteiger partial charge in [-0.05, 0) is 50.9 Å². The molecule has 0 amide bonds. The number of aromatic nitrogens is 2. The fraction of sp³-hybridized carbons (Fsp3) is 0.154. The molecule has 0 fully saturated rings. The molecule has 5 aromatic carbocycles. The maximum atomic E-state index is 4.95. The second kappa shape index (κ2) is 13.7. The van der Waals surface area contributed by atoms with E-state index < -0.39 is 8.07 Å². The van der Waals surface area contributed by atoms with Crippen LogP contribution in [0.5, 0.6) is 0 Å². The number of hydrogen-bond acceptors (Lipinski definition) is 1. The smallest absolute Gasteiger partial charge is 0.215 e. The van der Waals surface area contributed by atoms with E-state index in [1.807, 2.05) is 6.20 Å². The molecule has 0 aliphatic carbocycles. The number of hydrogen-bond donors (Lipinski definition) is 0. The zero-order chi connectivity index (χ0) is 29.3. The van der Waals surface area contributed by atoms with E-state index in [4.69, 9.17) is 4.98 Å². The lowest BCUT2D eigenvalue weighted by molar-refractivity contribution is 0.795. The highest BCUT2D eigenvalue weighted by molar-refractivity contribution is 7.10. The number of unbranched alkanes of at least 4 members (excludes halogenated alkanes) is 1. The van der Waals surface area contributed by atoms with E-state index in [0.29, 0.717) is 0 Å². The molecule has 0 aliphatic heterocycles. The van der Waals surface area contributed by atoms with Crippen molar-refractivity contribution in [2.24, 2.45) is 0 Å². The molecule has 0 atom stereocenters. The summed E-state index contributed by atoms with van der Waals surface area (Å²) in [6.07, 6.45) is 8.54. The van der Waals surface area contributed by atoms with Crippen LogP contribution in [0.15, 0.2) is 158 Å². The first-order chi connectivity index (χ1) is 21.3. The van der Waals surface area contributed by atoms with Gasteiger partial charge >= 0.3 is 0 Å². The number of nitrogens with zero attached hydrogens (tertiary/aromatic N) is 2. The van der Waals surface area contributed by atoms with Crippen LogP contribution in [0.3, 0.4) is 0 Å². The van der Waals surface area contributed by atoms with Gasteiger partial charge in [-0.2, -0.15) is 0 Å². The molecule has 0 saturated heterocycles. The van der Waals surface area contributed by atoms with Gasteiger partial charge in [-0.25, -0.2) is 0 Å². The van der Waals surface area contributed by atoms with Crippen LogP contribution in [-0.2, 0) is 12.6 Å². The minimum absolute atomic E-state index is 0.103. The first-order valence-corrected chi connectivity index (χ1v) is 17.6. The van der Waals surface area contributed by atoms with Gasteiger partial charge in [0.2, 0.25) is 7.28 Å². The molecule has 0 saturated carbocycles. The summed E-state index contributed by atoms with van der Waals surface area (Å²) in [4.78, 5) is 4.95. The molecular formula is C39H38BN2Si. The highest BCUT2D eigenvalue weighted by atomic mass is 28.3. The fourth-order valence-electron chi connectivity index (χ4n) is 6.28. The molecule has 0 bridgehead atoms. The summed E-state index contributed by atoms with van der Waals surface area (Å²) < 4.78 is 2.40. The van der Waals surface area contributed by atoms with Crippen molar-refractivity contribution >= 4 is 36.6 Å². The number of rotatable bonds is 12. The number of aryl methyl sites for hydroxylation is 1. The van der Waals surface area contributed by atoms with Gasteiger partial charge in [0.05, 0.1) is 5.72 Å². The Labute approximate surface area is 258 Å². The van der Waals surface area contributed by atoms with E-state index in [0.717, 1.165) is 18.3 Å². The summed E-state index contributed by atoms with van der Waals surface area (Å²) in [6.45, 7) is 2.26. The topological polar surface area (TPSA) is 17.8 Å². The van der Waals surface area contributed by atoms with Gasteiger partial charge in [0.1, 0.15) is 0 Å². The lowest BCUT2D eigenvalue weighted by Gasteiger charge is -2.35. The molecule has 6 aromatic rings. The first-order valence-electron chi connectivity index (χ1n) is 15.4. The normalized spacial score (nSPS) is 11.5. The molecule has 2 nitrogen and oxygen atoms in total. The van der Waals surface area contributed by atoms with Gasteiger partial charge in [-0.15, -0.1) is 0 Å². The van der Waals surface area contributed by atoms with E-state index in [1.165, 1.54) is 45.1 Å². The van der Waals surface area contributed by atoms with Gasteiger partial charge in [-0.1, -0.05) is 159 Å². The van der Waals surface area contributed by atoms with Crippen LogP contribution in [0.25, 0.3) is 0 Å². The molecule has 6 rings (SSSR count). The summed E-state index contributed by atoms with van der Waals surface area (Å²) in [5, 5.41) is 4.24. The van der Waals surface area contributed by atoms with Crippen LogP contribution in [-0.4, -0.2) is 24.9 Å². The molecule has 0 N–H and O–H groups in total. The lowest BCUT2D eigenvalue weighted by atomic mass is 9.58. The zero-order valence-electron chi connectivity index (χ0n) is 24.9. The molecule has 0 aliphatic rings. The number of benzene rings is 5. The van der Waals surface area contributed by atoms with E-state index in [1.54, 1.807) is 0 Å². The standard InChI is InChI=1S/C39H38BN2Si/c1-2-3-16-32-25-27-37(28-26-32)43(35-21-12-6-13-22-35,36-23-14-7-15-24-36)31-42-30-29-41-39(42)40-38(33-17-8-4-9-18-33)34-19-10-5-11-20-34/h4-15,17-30,38H,2-3,16,31H2,1H3. The average Bonchev–Trinajstić information content (AvgIpc) is 3.53. The van der Waals surface area contributed by atoms with Gasteiger partial charge in [-0.3, -0.25) is 4.98 Å². The summed E-state index contributed by atoms with van der Waals surface area (Å²) >= 11 is 0. The van der Waals surface area contributed by atoms with Gasteiger partial charge in [0, 0.05) is 18.6 Å². The molecule has 1 heterocycles. The summed E-state index contributed by atoms with van der Waals surface area (Å²) in [7, 11) is -0.180. The lowest BCUT2D eigenvalue weighted by Crippen LogP contribution is -2.70. The summed E-state index contributed by atoms with van der Waals surface area (Å²) in [6, 6.07) is 53.4. The number of imidazole rings is 1. The zero-order valence-corrected chi connectivity index (χ0v) is 25.9. The molecule has 1 radical (unpaired) electrons. The minimum atomic E-state index is -2.52. The summed E-state index contributed by atoms with van der Waals surface area (Å²) in [5.41, 5.74) is 4.95. The SMILES string of the molecule is CCCCc1ccc([Si](Cn2ccnc2[B]C(c2ccccc2)c2ccccc2)(c2ccccc2)c2ccccc2)cc1. The Morgan fingerprint density at radius 1 is 0.628 bits per heavy atom. The largest absolute Gasteiger partial charge is 0.345 e. The van der Waals surface area contributed by atoms with Crippen LogP contribution in [0.4, 0.5) is 0 Å². The molecular weight excluding hydrogens is 535 g/mol. The molecule has 4 heteroatoms. The van der Waals surface area contributed by atoms with Gasteiger partial charge in [0.25, 0.3) is 0 Å². The third-order valence-corrected chi connectivity index (χ3v) is 13.4. The van der Waals surface area contributed by atoms with E-state index in [9.17, 15) is 0 Å². The van der Waals surface area contributed by atoms with Crippen molar-refractivity contribution in [2.75, 3.05) is 0 Å². The molecule has 1 aromatic heterocycles. The molecule has 43 heavy (non-hydrogen) atoms. The fourth-order valence-corrected chi connectivity index (χ4v) is 10.9. The van der Waals surface area contributed by atoms with Crippen LogP contribution in [0.2, 0.25) is 0 Å². The highest BCUT2D eigenvalue weighted by Gasteiger charge is 2.40. The Kier molecular flexibility index (Phi) is 9.15. The van der Waals surface area contributed by atoms with Crippen LogP contribution in [0.1, 0.15) is 42.3 Å². The molecule has 0 unspecified atom stereocenters. The monoisotopic (exact) mass is 573 g/mol. The average molecular weight is 574 g/mol. The van der Waals surface area contributed by atoms with Crippen molar-refractivity contribution in [1.29, 1.82) is 0 Å². The molecule has 0 spiro atoms. The van der Waals surface area contributed by atoms with E-state index in [-0.39, 0.29) is 5.82 Å². The molecule has 211 valence electrons. The van der Waals surface area contributed by atoms with Crippen molar-refractivity contribution in [3.05, 3.63) is 175 Å². The maximum absolute atomic E-state index is 4.95. The van der Waals surface area contributed by atoms with E-state index >= 15 is 0 Å². The Hall–Kier alpha value is -4.41. The van der Waals surface area contributed by atoms with Crippen molar-refractivity contribution in [1.82, 2.24) is 9.55 Å². The third-order valence-electron chi connectivity index (χ3n) is 8.59. The second-order valence-corrected chi connectivity index (χ2v) is 15.2. The van der Waals surface area contributed by atoms with Crippen molar-refractivity contribution < 1.29 is 0 Å². The predicted molar refractivity (Wildman–Crippen MR) is 185 cm³/mol. The Morgan fingerprint density at radius 2 is 1.12 bits per heavy atom. The Morgan fingerprint density at radius 3 is 1.63 bits per heavy atom. The van der Waals surface area contributed by atoms with Crippen molar-refractivity contribution in [2.45, 2.75) is 38.2 Å². The predicted octanol–water partition coefficient (Wildman–Crippen LogP) is 6.05. The highest BCUT2D eigenvalue weighted by Crippen LogP contribution is 2.23. The van der Waals surface area contributed by atoms with Crippen molar-refractivity contribution in [3.8, 4) is 0 Å². The Balaban J connectivity index is 1.46. The third kappa shape index (κ3) is 6.35. The van der Waals surface area contributed by atoms with Crippen LogP contribution in [0, 0.1) is 0 Å². The minimum Gasteiger partial charge on any atom is -0.345 e. The maximum Gasteiger partial charge on any atom is 0.215 e. The van der Waals surface area contributed by atoms with Gasteiger partial charge in [0.15, 0.2) is 8.07 Å². The Bertz CT molecular complexity index is 1610. The first kappa shape index (κ1) is 28.7. The second-order valence-electron chi connectivity index (χ2n) is 11.3. The van der Waals surface area contributed by atoms with Crippen LogP contribution < -0.4 is 21.3 Å². The summed E-state index contributed by atoms with van der Waals surface area (Å²) in [5.74, 6) is 0.103.